The van der Waals surface area contributed by atoms with Crippen LogP contribution >= 0.6 is 11.8 Å². The Hall–Kier alpha value is -2.60. The van der Waals surface area contributed by atoms with Gasteiger partial charge < -0.3 is 9.80 Å². The fourth-order valence-electron chi connectivity index (χ4n) is 5.14. The second kappa shape index (κ2) is 8.50. The van der Waals surface area contributed by atoms with Crippen LogP contribution in [0.15, 0.2) is 60.7 Å². The summed E-state index contributed by atoms with van der Waals surface area (Å²) in [6, 6.07) is 18.9. The van der Waals surface area contributed by atoms with Gasteiger partial charge in [0.05, 0.1) is 12.0 Å². The summed E-state index contributed by atoms with van der Waals surface area (Å²) >= 11 is 1.71. The average Bonchev–Trinajstić information content (AvgIpc) is 3.34. The fraction of sp³-hybridized carbons (Fsp3) is 0.400. The lowest BCUT2D eigenvalue weighted by atomic mass is 9.81. The molecule has 3 aliphatic rings. The van der Waals surface area contributed by atoms with Gasteiger partial charge in [-0.05, 0) is 24.0 Å². The van der Waals surface area contributed by atoms with Gasteiger partial charge in [-0.15, -0.1) is 11.8 Å². The molecule has 2 aliphatic heterocycles. The molecule has 2 aromatic carbocycles. The predicted molar refractivity (Wildman–Crippen MR) is 120 cm³/mol. The van der Waals surface area contributed by atoms with E-state index < -0.39 is 12.0 Å². The SMILES string of the molecule is O=C1CCCCC1C(=O)C1[C@@H]2CS[C@@H](c3ccccc3)N2C(=O)N1Cc1ccccc1. The Morgan fingerprint density at radius 1 is 0.968 bits per heavy atom. The number of thioether (sulfide) groups is 1. The second-order valence-corrected chi connectivity index (χ2v) is 9.69. The smallest absolute Gasteiger partial charge is 0.308 e. The van der Waals surface area contributed by atoms with Crippen LogP contribution in [0, 0.1) is 5.92 Å². The van der Waals surface area contributed by atoms with Gasteiger partial charge in [-0.25, -0.2) is 4.79 Å². The van der Waals surface area contributed by atoms with E-state index in [1.54, 1.807) is 16.7 Å². The average molecular weight is 435 g/mol. The molecule has 3 fully saturated rings. The molecule has 1 aliphatic carbocycles. The Balaban J connectivity index is 1.49. The van der Waals surface area contributed by atoms with E-state index in [-0.39, 0.29) is 29.0 Å². The highest BCUT2D eigenvalue weighted by Crippen LogP contribution is 2.48. The lowest BCUT2D eigenvalue weighted by Gasteiger charge is -2.29. The lowest BCUT2D eigenvalue weighted by Crippen LogP contribution is -2.48. The number of benzene rings is 2. The third-order valence-electron chi connectivity index (χ3n) is 6.67. The number of Topliss-reactive ketones (excluding diaryl/α,β-unsaturated/α-hetero) is 2. The first-order valence-corrected chi connectivity index (χ1v) is 12.1. The topological polar surface area (TPSA) is 57.7 Å². The van der Waals surface area contributed by atoms with Crippen LogP contribution < -0.4 is 0 Å². The van der Waals surface area contributed by atoms with Gasteiger partial charge in [0.2, 0.25) is 0 Å². The number of hydrogen-bond donors (Lipinski definition) is 0. The minimum absolute atomic E-state index is 0.0482. The molecule has 4 atom stereocenters. The molecule has 0 spiro atoms. The van der Waals surface area contributed by atoms with Crippen molar-refractivity contribution in [1.82, 2.24) is 9.80 Å². The molecule has 160 valence electrons. The van der Waals surface area contributed by atoms with E-state index >= 15 is 0 Å². The van der Waals surface area contributed by atoms with Gasteiger partial charge in [0, 0.05) is 18.7 Å². The highest BCUT2D eigenvalue weighted by atomic mass is 32.2. The first-order valence-electron chi connectivity index (χ1n) is 11.0. The third kappa shape index (κ3) is 3.67. The summed E-state index contributed by atoms with van der Waals surface area (Å²) in [4.78, 5) is 43.5. The van der Waals surface area contributed by atoms with Crippen LogP contribution in [-0.2, 0) is 16.1 Å². The number of ketones is 2. The molecule has 2 heterocycles. The second-order valence-electron chi connectivity index (χ2n) is 8.58. The molecule has 2 amide bonds. The number of fused-ring (bicyclic) bond motifs is 1. The van der Waals surface area contributed by atoms with Crippen molar-refractivity contribution in [3.05, 3.63) is 71.8 Å². The number of hydrogen-bond acceptors (Lipinski definition) is 4. The summed E-state index contributed by atoms with van der Waals surface area (Å²) in [7, 11) is 0. The summed E-state index contributed by atoms with van der Waals surface area (Å²) in [6.45, 7) is 0.385. The highest BCUT2D eigenvalue weighted by molar-refractivity contribution is 7.99. The molecule has 5 rings (SSSR count). The molecule has 2 unspecified atom stereocenters. The van der Waals surface area contributed by atoms with E-state index in [0.29, 0.717) is 25.1 Å². The summed E-state index contributed by atoms with van der Waals surface area (Å²) in [6.07, 6.45) is 2.85. The summed E-state index contributed by atoms with van der Waals surface area (Å²) < 4.78 is 0. The van der Waals surface area contributed by atoms with Crippen LogP contribution in [0.5, 0.6) is 0 Å². The maximum Gasteiger partial charge on any atom is 0.322 e. The number of carbonyl (C=O) groups excluding carboxylic acids is 3. The molecule has 0 N–H and O–H groups in total. The number of nitrogens with zero attached hydrogens (tertiary/aromatic N) is 2. The Morgan fingerprint density at radius 3 is 2.39 bits per heavy atom. The van der Waals surface area contributed by atoms with E-state index in [0.717, 1.165) is 24.0 Å². The lowest BCUT2D eigenvalue weighted by molar-refractivity contribution is -0.137. The molecular formula is C25H26N2O3S. The zero-order valence-corrected chi connectivity index (χ0v) is 18.2. The van der Waals surface area contributed by atoms with E-state index in [1.807, 2.05) is 65.6 Å². The van der Waals surface area contributed by atoms with Crippen LogP contribution in [0.1, 0.15) is 42.2 Å². The van der Waals surface area contributed by atoms with Gasteiger partial charge in [-0.1, -0.05) is 67.1 Å². The molecule has 31 heavy (non-hydrogen) atoms. The Bertz CT molecular complexity index is 981. The van der Waals surface area contributed by atoms with Crippen molar-refractivity contribution in [3.8, 4) is 0 Å². The maximum atomic E-state index is 13.7. The summed E-state index contributed by atoms with van der Waals surface area (Å²) in [5.74, 6) is 0.127. The standard InChI is InChI=1S/C25H26N2O3S/c28-21-14-8-7-13-19(21)23(29)22-20-16-31-24(18-11-5-2-6-12-18)27(20)25(30)26(22)15-17-9-3-1-4-10-17/h1-6,9-12,19-20,22,24H,7-8,13-16H2/t19?,20-,22?,24-/m0/s1. The van der Waals surface area contributed by atoms with Crippen molar-refractivity contribution in [2.24, 2.45) is 5.92 Å². The molecule has 2 aromatic rings. The van der Waals surface area contributed by atoms with Crippen LogP contribution in [0.25, 0.3) is 0 Å². The van der Waals surface area contributed by atoms with E-state index in [1.165, 1.54) is 0 Å². The molecule has 1 saturated carbocycles. The van der Waals surface area contributed by atoms with Gasteiger partial charge in [-0.3, -0.25) is 9.59 Å². The first-order chi connectivity index (χ1) is 15.1. The molecule has 5 nitrogen and oxygen atoms in total. The molecule has 0 aromatic heterocycles. The maximum absolute atomic E-state index is 13.7. The summed E-state index contributed by atoms with van der Waals surface area (Å²) in [5, 5.41) is -0.100. The first kappa shape index (κ1) is 20.3. The van der Waals surface area contributed by atoms with E-state index in [9.17, 15) is 14.4 Å². The highest BCUT2D eigenvalue weighted by Gasteiger charge is 2.56. The number of amides is 2. The third-order valence-corrected chi connectivity index (χ3v) is 8.02. The van der Waals surface area contributed by atoms with Crippen molar-refractivity contribution in [2.75, 3.05) is 5.75 Å². The van der Waals surface area contributed by atoms with Crippen LogP contribution in [0.2, 0.25) is 0 Å². The monoisotopic (exact) mass is 434 g/mol. The van der Waals surface area contributed by atoms with Crippen molar-refractivity contribution < 1.29 is 14.4 Å². The van der Waals surface area contributed by atoms with Crippen molar-refractivity contribution >= 4 is 29.4 Å². The molecule has 0 radical (unpaired) electrons. The predicted octanol–water partition coefficient (Wildman–Crippen LogP) is 4.44. The normalized spacial score (nSPS) is 28.1. The van der Waals surface area contributed by atoms with Gasteiger partial charge in [0.1, 0.15) is 17.2 Å². The molecule has 6 heteroatoms. The minimum Gasteiger partial charge on any atom is -0.308 e. The minimum atomic E-state index is -0.569. The van der Waals surface area contributed by atoms with Gasteiger partial charge in [0.15, 0.2) is 5.78 Å². The fourth-order valence-corrected chi connectivity index (χ4v) is 6.62. The quantitative estimate of drug-likeness (QED) is 0.653. The molecular weight excluding hydrogens is 408 g/mol. The largest absolute Gasteiger partial charge is 0.322 e. The van der Waals surface area contributed by atoms with Gasteiger partial charge in [0.25, 0.3) is 0 Å². The van der Waals surface area contributed by atoms with Crippen LogP contribution in [-0.4, -0.2) is 45.2 Å². The van der Waals surface area contributed by atoms with Crippen LogP contribution in [0.4, 0.5) is 4.79 Å². The van der Waals surface area contributed by atoms with Crippen LogP contribution in [0.3, 0.4) is 0 Å². The van der Waals surface area contributed by atoms with Crippen molar-refractivity contribution in [1.29, 1.82) is 0 Å². The van der Waals surface area contributed by atoms with Gasteiger partial charge >= 0.3 is 6.03 Å². The molecule has 2 saturated heterocycles. The van der Waals surface area contributed by atoms with Gasteiger partial charge in [-0.2, -0.15) is 0 Å². The zero-order valence-electron chi connectivity index (χ0n) is 17.4. The Morgan fingerprint density at radius 2 is 1.68 bits per heavy atom. The van der Waals surface area contributed by atoms with Crippen molar-refractivity contribution in [2.45, 2.75) is 49.7 Å². The summed E-state index contributed by atoms with van der Waals surface area (Å²) in [5.41, 5.74) is 2.07. The number of rotatable bonds is 5. The Labute approximate surface area is 186 Å². The Kier molecular flexibility index (Phi) is 5.57. The van der Waals surface area contributed by atoms with Crippen molar-refractivity contribution in [3.63, 3.8) is 0 Å². The number of carbonyl (C=O) groups is 3. The zero-order chi connectivity index (χ0) is 21.4. The molecule has 0 bridgehead atoms. The van der Waals surface area contributed by atoms with E-state index in [4.69, 9.17) is 0 Å². The van der Waals surface area contributed by atoms with E-state index in [2.05, 4.69) is 0 Å². The number of urea groups is 1.